The maximum atomic E-state index is 6.21. The first-order chi connectivity index (χ1) is 9.06. The summed E-state index contributed by atoms with van der Waals surface area (Å²) in [5.41, 5.74) is 4.57. The lowest BCUT2D eigenvalue weighted by Crippen LogP contribution is -1.99. The fraction of sp³-hybridized carbons (Fsp3) is 0.143. The van der Waals surface area contributed by atoms with Crippen molar-refractivity contribution in [3.63, 3.8) is 0 Å². The smallest absolute Gasteiger partial charge is 0.156 e. The van der Waals surface area contributed by atoms with Crippen LogP contribution in [-0.2, 0) is 0 Å². The summed E-state index contributed by atoms with van der Waals surface area (Å²) in [7, 11) is 0. The average Bonchev–Trinajstić information content (AvgIpc) is 2.81. The Morgan fingerprint density at radius 1 is 1.16 bits per heavy atom. The molecule has 3 aromatic rings. The van der Waals surface area contributed by atoms with Crippen molar-refractivity contribution in [2.45, 2.75) is 13.8 Å². The molecule has 5 heteroatoms. The van der Waals surface area contributed by atoms with Crippen LogP contribution in [0, 0.1) is 17.4 Å². The molecule has 0 radical (unpaired) electrons. The minimum absolute atomic E-state index is 0.671. The molecule has 0 aliphatic carbocycles. The highest BCUT2D eigenvalue weighted by Crippen LogP contribution is 2.24. The Labute approximate surface area is 129 Å². The van der Waals surface area contributed by atoms with Gasteiger partial charge in [-0.25, -0.2) is 9.50 Å². The lowest BCUT2D eigenvalue weighted by molar-refractivity contribution is 0.889. The minimum Gasteiger partial charge on any atom is -0.232 e. The van der Waals surface area contributed by atoms with E-state index in [9.17, 15) is 0 Å². The third-order valence-electron chi connectivity index (χ3n) is 3.07. The fourth-order valence-corrected chi connectivity index (χ4v) is 2.52. The predicted octanol–water partition coefficient (Wildman–Crippen LogP) is 4.27. The van der Waals surface area contributed by atoms with E-state index in [0.29, 0.717) is 5.02 Å². The molecule has 0 atom stereocenters. The molecular formula is C14H11ClIN3. The predicted molar refractivity (Wildman–Crippen MR) is 85.6 cm³/mol. The highest BCUT2D eigenvalue weighted by molar-refractivity contribution is 14.1. The van der Waals surface area contributed by atoms with Gasteiger partial charge in [0.15, 0.2) is 5.65 Å². The van der Waals surface area contributed by atoms with Gasteiger partial charge in [-0.2, -0.15) is 5.10 Å². The number of nitrogens with zero attached hydrogens (tertiary/aromatic N) is 3. The Kier molecular flexibility index (Phi) is 3.22. The minimum atomic E-state index is 0.671. The van der Waals surface area contributed by atoms with Gasteiger partial charge < -0.3 is 0 Å². The largest absolute Gasteiger partial charge is 0.232 e. The number of hydrogen-bond donors (Lipinski definition) is 0. The maximum Gasteiger partial charge on any atom is 0.156 e. The Morgan fingerprint density at radius 2 is 1.84 bits per heavy atom. The van der Waals surface area contributed by atoms with Crippen molar-refractivity contribution >= 4 is 39.8 Å². The zero-order valence-corrected chi connectivity index (χ0v) is 13.4. The van der Waals surface area contributed by atoms with E-state index >= 15 is 0 Å². The van der Waals surface area contributed by atoms with Gasteiger partial charge in [0.1, 0.15) is 0 Å². The van der Waals surface area contributed by atoms with E-state index in [1.54, 1.807) is 4.52 Å². The van der Waals surface area contributed by atoms with Crippen LogP contribution in [0.1, 0.15) is 11.4 Å². The molecule has 0 amide bonds. The Hall–Kier alpha value is -1.14. The number of fused-ring (bicyclic) bond motifs is 1. The van der Waals surface area contributed by atoms with Crippen molar-refractivity contribution < 1.29 is 0 Å². The molecule has 0 bridgehead atoms. The first kappa shape index (κ1) is 12.9. The first-order valence-electron chi connectivity index (χ1n) is 5.84. The molecule has 0 saturated heterocycles. The van der Waals surface area contributed by atoms with Crippen molar-refractivity contribution in [3.8, 4) is 11.3 Å². The van der Waals surface area contributed by atoms with Gasteiger partial charge in [0.2, 0.25) is 0 Å². The van der Waals surface area contributed by atoms with E-state index in [1.165, 1.54) is 3.57 Å². The van der Waals surface area contributed by atoms with Crippen LogP contribution in [0.25, 0.3) is 16.9 Å². The van der Waals surface area contributed by atoms with Crippen LogP contribution >= 0.6 is 34.2 Å². The molecule has 0 unspecified atom stereocenters. The monoisotopic (exact) mass is 383 g/mol. The van der Waals surface area contributed by atoms with Crippen molar-refractivity contribution in [1.82, 2.24) is 14.6 Å². The standard InChI is InChI=1S/C14H11ClIN3/c1-8-14(15)9(2)19-13(17-8)7-12(18-19)10-3-5-11(16)6-4-10/h3-7H,1-2H3. The molecule has 96 valence electrons. The van der Waals surface area contributed by atoms with E-state index in [-0.39, 0.29) is 0 Å². The number of rotatable bonds is 1. The molecule has 3 rings (SSSR count). The number of halogens is 2. The number of hydrogen-bond acceptors (Lipinski definition) is 2. The molecule has 0 spiro atoms. The van der Waals surface area contributed by atoms with Gasteiger partial charge in [-0.05, 0) is 48.6 Å². The van der Waals surface area contributed by atoms with E-state index in [0.717, 1.165) is 28.3 Å². The summed E-state index contributed by atoms with van der Waals surface area (Å²) < 4.78 is 3.00. The zero-order valence-electron chi connectivity index (χ0n) is 10.5. The van der Waals surface area contributed by atoms with Crippen molar-refractivity contribution in [2.75, 3.05) is 0 Å². The average molecular weight is 384 g/mol. The molecule has 0 N–H and O–H groups in total. The van der Waals surface area contributed by atoms with E-state index in [2.05, 4.69) is 56.9 Å². The quantitative estimate of drug-likeness (QED) is 0.587. The summed E-state index contributed by atoms with van der Waals surface area (Å²) in [4.78, 5) is 4.47. The summed E-state index contributed by atoms with van der Waals surface area (Å²) in [6.07, 6.45) is 0. The van der Waals surface area contributed by atoms with Gasteiger partial charge in [-0.15, -0.1) is 0 Å². The summed E-state index contributed by atoms with van der Waals surface area (Å²) >= 11 is 8.50. The molecule has 2 aromatic heterocycles. The molecular weight excluding hydrogens is 373 g/mol. The van der Waals surface area contributed by atoms with Gasteiger partial charge >= 0.3 is 0 Å². The number of aromatic nitrogens is 3. The molecule has 1 aromatic carbocycles. The SMILES string of the molecule is Cc1nc2cc(-c3ccc(I)cc3)nn2c(C)c1Cl. The van der Waals surface area contributed by atoms with Crippen LogP contribution in [0.5, 0.6) is 0 Å². The topological polar surface area (TPSA) is 30.2 Å². The summed E-state index contributed by atoms with van der Waals surface area (Å²) in [6, 6.07) is 10.2. The molecule has 19 heavy (non-hydrogen) atoms. The van der Waals surface area contributed by atoms with Gasteiger partial charge in [-0.3, -0.25) is 0 Å². The molecule has 3 nitrogen and oxygen atoms in total. The fourth-order valence-electron chi connectivity index (χ4n) is 2.04. The second-order valence-electron chi connectivity index (χ2n) is 4.40. The van der Waals surface area contributed by atoms with Gasteiger partial charge in [-0.1, -0.05) is 23.7 Å². The van der Waals surface area contributed by atoms with E-state index in [1.807, 2.05) is 19.9 Å². The van der Waals surface area contributed by atoms with Crippen LogP contribution in [0.15, 0.2) is 30.3 Å². The van der Waals surface area contributed by atoms with Crippen LogP contribution in [0.2, 0.25) is 5.02 Å². The van der Waals surface area contributed by atoms with Crippen LogP contribution < -0.4 is 0 Å². The number of aryl methyl sites for hydroxylation is 2. The molecule has 0 aliphatic heterocycles. The second-order valence-corrected chi connectivity index (χ2v) is 6.03. The number of benzene rings is 1. The molecule has 0 saturated carbocycles. The summed E-state index contributed by atoms with van der Waals surface area (Å²) in [5, 5.41) is 5.25. The van der Waals surface area contributed by atoms with Crippen molar-refractivity contribution in [1.29, 1.82) is 0 Å². The van der Waals surface area contributed by atoms with Crippen LogP contribution in [-0.4, -0.2) is 14.6 Å². The van der Waals surface area contributed by atoms with Gasteiger partial charge in [0, 0.05) is 15.2 Å². The lowest BCUT2D eigenvalue weighted by Gasteiger charge is -2.03. The van der Waals surface area contributed by atoms with Crippen LogP contribution in [0.4, 0.5) is 0 Å². The van der Waals surface area contributed by atoms with Crippen molar-refractivity contribution in [3.05, 3.63) is 50.3 Å². The Balaban J connectivity index is 2.22. The van der Waals surface area contributed by atoms with Crippen LogP contribution in [0.3, 0.4) is 0 Å². The highest BCUT2D eigenvalue weighted by Gasteiger charge is 2.11. The zero-order chi connectivity index (χ0) is 13.6. The lowest BCUT2D eigenvalue weighted by atomic mass is 10.2. The van der Waals surface area contributed by atoms with Gasteiger partial charge in [0.25, 0.3) is 0 Å². The first-order valence-corrected chi connectivity index (χ1v) is 7.30. The Bertz CT molecular complexity index is 762. The Morgan fingerprint density at radius 3 is 2.53 bits per heavy atom. The summed E-state index contributed by atoms with van der Waals surface area (Å²) in [6.45, 7) is 3.86. The normalized spacial score (nSPS) is 11.2. The maximum absolute atomic E-state index is 6.21. The highest BCUT2D eigenvalue weighted by atomic mass is 127. The van der Waals surface area contributed by atoms with E-state index < -0.39 is 0 Å². The van der Waals surface area contributed by atoms with Crippen molar-refractivity contribution in [2.24, 2.45) is 0 Å². The summed E-state index contributed by atoms with van der Waals surface area (Å²) in [5.74, 6) is 0. The molecule has 0 aliphatic rings. The third kappa shape index (κ3) is 2.23. The van der Waals surface area contributed by atoms with E-state index in [4.69, 9.17) is 11.6 Å². The molecule has 0 fully saturated rings. The second kappa shape index (κ2) is 4.76. The molecule has 2 heterocycles. The third-order valence-corrected chi connectivity index (χ3v) is 4.33. The van der Waals surface area contributed by atoms with Gasteiger partial charge in [0.05, 0.1) is 22.1 Å².